The van der Waals surface area contributed by atoms with Crippen LogP contribution in [0, 0.1) is 0 Å². The number of hydrogen-bond donors (Lipinski definition) is 3. The van der Waals surface area contributed by atoms with Gasteiger partial charge < -0.3 is 15.3 Å². The number of hydrogen-bond acceptors (Lipinski definition) is 3. The highest BCUT2D eigenvalue weighted by Crippen LogP contribution is 2.40. The van der Waals surface area contributed by atoms with Crippen molar-refractivity contribution in [2.24, 2.45) is 5.73 Å². The highest BCUT2D eigenvalue weighted by atomic mass is 19.4. The number of nitrogens with two attached hydrogens (primary N) is 1. The summed E-state index contributed by atoms with van der Waals surface area (Å²) in [6.45, 7) is 0.863. The number of halogens is 3. The second-order valence-electron chi connectivity index (χ2n) is 7.89. The Kier molecular flexibility index (Phi) is 4.86. The summed E-state index contributed by atoms with van der Waals surface area (Å²) in [5, 5.41) is 3.30. The third kappa shape index (κ3) is 3.41. The number of amides is 2. The summed E-state index contributed by atoms with van der Waals surface area (Å²) < 4.78 is 42.2. The first-order valence-corrected chi connectivity index (χ1v) is 10.4. The summed E-state index contributed by atoms with van der Waals surface area (Å²) in [6, 6.07) is 10.7. The maximum absolute atomic E-state index is 13.5. The molecule has 1 aliphatic rings. The summed E-state index contributed by atoms with van der Waals surface area (Å²) in [6.07, 6.45) is -0.688. The Morgan fingerprint density at radius 3 is 2.39 bits per heavy atom. The topological polar surface area (TPSA) is 92.9 Å². The average molecular weight is 452 g/mol. The van der Waals surface area contributed by atoms with Gasteiger partial charge in [0.2, 0.25) is 0 Å². The van der Waals surface area contributed by atoms with Gasteiger partial charge in [-0.1, -0.05) is 18.2 Å². The Labute approximate surface area is 185 Å². The van der Waals surface area contributed by atoms with Crippen molar-refractivity contribution >= 4 is 44.8 Å². The van der Waals surface area contributed by atoms with E-state index in [0.29, 0.717) is 30.6 Å². The minimum absolute atomic E-state index is 0.0561. The van der Waals surface area contributed by atoms with E-state index in [-0.39, 0.29) is 22.1 Å². The number of para-hydroxylation sites is 1. The number of aromatic nitrogens is 2. The monoisotopic (exact) mass is 452 g/mol. The SMILES string of the molecule is NCCCn1cc(C2=C(c3c[nH]c4ccccc34)C(=O)NC2=O)c2cc(C(F)(F)F)ccc21. The molecule has 2 amide bonds. The van der Waals surface area contributed by atoms with Gasteiger partial charge in [0.1, 0.15) is 0 Å². The molecule has 3 heterocycles. The summed E-state index contributed by atoms with van der Waals surface area (Å²) in [7, 11) is 0. The van der Waals surface area contributed by atoms with Crippen LogP contribution in [0.1, 0.15) is 23.1 Å². The van der Waals surface area contributed by atoms with Gasteiger partial charge in [-0.25, -0.2) is 0 Å². The molecule has 0 unspecified atom stereocenters. The molecule has 168 valence electrons. The van der Waals surface area contributed by atoms with Crippen molar-refractivity contribution in [1.29, 1.82) is 0 Å². The number of benzene rings is 2. The maximum Gasteiger partial charge on any atom is 0.416 e. The molecule has 1 aliphatic heterocycles. The third-order valence-corrected chi connectivity index (χ3v) is 5.87. The van der Waals surface area contributed by atoms with Crippen molar-refractivity contribution in [3.63, 3.8) is 0 Å². The molecular weight excluding hydrogens is 433 g/mol. The lowest BCUT2D eigenvalue weighted by molar-refractivity contribution is -0.137. The summed E-state index contributed by atoms with van der Waals surface area (Å²) in [5.41, 5.74) is 7.08. The predicted molar refractivity (Wildman–Crippen MR) is 119 cm³/mol. The summed E-state index contributed by atoms with van der Waals surface area (Å²) >= 11 is 0. The molecule has 5 rings (SSSR count). The lowest BCUT2D eigenvalue weighted by Gasteiger charge is -2.08. The molecule has 0 saturated carbocycles. The van der Waals surface area contributed by atoms with E-state index in [9.17, 15) is 22.8 Å². The van der Waals surface area contributed by atoms with Gasteiger partial charge in [-0.2, -0.15) is 13.2 Å². The molecule has 2 aromatic heterocycles. The van der Waals surface area contributed by atoms with E-state index >= 15 is 0 Å². The number of imide groups is 1. The van der Waals surface area contributed by atoms with E-state index in [1.165, 1.54) is 6.07 Å². The molecule has 0 saturated heterocycles. The largest absolute Gasteiger partial charge is 0.416 e. The number of carbonyl (C=O) groups excluding carboxylic acids is 2. The van der Waals surface area contributed by atoms with Gasteiger partial charge in [-0.3, -0.25) is 14.9 Å². The normalized spacial score (nSPS) is 14.7. The fourth-order valence-electron chi connectivity index (χ4n) is 4.37. The second-order valence-corrected chi connectivity index (χ2v) is 7.89. The van der Waals surface area contributed by atoms with Crippen molar-refractivity contribution in [2.75, 3.05) is 6.54 Å². The molecular formula is C24H19F3N4O2. The van der Waals surface area contributed by atoms with E-state index in [1.54, 1.807) is 17.0 Å². The quantitative estimate of drug-likeness (QED) is 0.399. The maximum atomic E-state index is 13.5. The van der Waals surface area contributed by atoms with Crippen LogP contribution in [0.3, 0.4) is 0 Å². The van der Waals surface area contributed by atoms with E-state index < -0.39 is 23.6 Å². The first-order valence-electron chi connectivity index (χ1n) is 10.4. The number of nitrogens with one attached hydrogen (secondary N) is 2. The van der Waals surface area contributed by atoms with E-state index in [4.69, 9.17) is 5.73 Å². The zero-order valence-electron chi connectivity index (χ0n) is 17.3. The second kappa shape index (κ2) is 7.63. The smallest absolute Gasteiger partial charge is 0.361 e. The van der Waals surface area contributed by atoms with E-state index in [0.717, 1.165) is 23.0 Å². The van der Waals surface area contributed by atoms with Gasteiger partial charge in [0, 0.05) is 51.9 Å². The predicted octanol–water partition coefficient (Wildman–Crippen LogP) is 4.06. The van der Waals surface area contributed by atoms with E-state index in [2.05, 4.69) is 10.3 Å². The van der Waals surface area contributed by atoms with Crippen LogP contribution in [0.2, 0.25) is 0 Å². The molecule has 0 atom stereocenters. The Hall–Kier alpha value is -3.85. The van der Waals surface area contributed by atoms with Crippen molar-refractivity contribution in [3.8, 4) is 0 Å². The average Bonchev–Trinajstić information content (AvgIpc) is 3.44. The number of aryl methyl sites for hydroxylation is 1. The third-order valence-electron chi connectivity index (χ3n) is 5.87. The van der Waals surface area contributed by atoms with Crippen LogP contribution in [0.5, 0.6) is 0 Å². The summed E-state index contributed by atoms with van der Waals surface area (Å²) in [5.74, 6) is -1.23. The van der Waals surface area contributed by atoms with E-state index in [1.807, 2.05) is 24.3 Å². The minimum Gasteiger partial charge on any atom is -0.361 e. The van der Waals surface area contributed by atoms with Crippen molar-refractivity contribution < 1.29 is 22.8 Å². The minimum atomic E-state index is -4.55. The number of H-pyrrole nitrogens is 1. The van der Waals surface area contributed by atoms with Crippen LogP contribution in [0.15, 0.2) is 54.9 Å². The Balaban J connectivity index is 1.81. The van der Waals surface area contributed by atoms with Crippen LogP contribution >= 0.6 is 0 Å². The van der Waals surface area contributed by atoms with Crippen molar-refractivity contribution in [1.82, 2.24) is 14.9 Å². The fourth-order valence-corrected chi connectivity index (χ4v) is 4.37. The van der Waals surface area contributed by atoms with Gasteiger partial charge in [0.05, 0.1) is 16.7 Å². The standard InChI is InChI=1S/C24H19F3N4O2/c25-24(26,27)13-6-7-19-15(10-13)17(12-31(19)9-3-8-28)21-20(22(32)30-23(21)33)16-11-29-18-5-2-1-4-14(16)18/h1-2,4-7,10-12,29H,3,8-9,28H2,(H,30,32,33). The first-order chi connectivity index (χ1) is 15.8. The van der Waals surface area contributed by atoms with Crippen LogP contribution in [-0.4, -0.2) is 27.9 Å². The number of carbonyl (C=O) groups is 2. The molecule has 9 heteroatoms. The number of nitrogens with zero attached hydrogens (tertiary/aromatic N) is 1. The Morgan fingerprint density at radius 1 is 0.939 bits per heavy atom. The molecule has 0 aliphatic carbocycles. The van der Waals surface area contributed by atoms with Gasteiger partial charge in [-0.15, -0.1) is 0 Å². The fraction of sp³-hybridized carbons (Fsp3) is 0.167. The van der Waals surface area contributed by atoms with Gasteiger partial charge in [-0.05, 0) is 37.2 Å². The molecule has 6 nitrogen and oxygen atoms in total. The zero-order valence-corrected chi connectivity index (χ0v) is 17.3. The molecule has 33 heavy (non-hydrogen) atoms. The van der Waals surface area contributed by atoms with Crippen LogP contribution in [0.25, 0.3) is 33.0 Å². The lowest BCUT2D eigenvalue weighted by atomic mass is 9.95. The van der Waals surface area contributed by atoms with Gasteiger partial charge in [0.15, 0.2) is 0 Å². The number of fused-ring (bicyclic) bond motifs is 2. The van der Waals surface area contributed by atoms with Crippen molar-refractivity contribution in [2.45, 2.75) is 19.1 Å². The Morgan fingerprint density at radius 2 is 1.67 bits per heavy atom. The molecule has 0 bridgehead atoms. The molecule has 0 spiro atoms. The molecule has 4 N–H and O–H groups in total. The van der Waals surface area contributed by atoms with Crippen molar-refractivity contribution in [3.05, 3.63) is 71.5 Å². The first kappa shape index (κ1) is 21.0. The number of rotatable bonds is 5. The molecule has 2 aromatic carbocycles. The van der Waals surface area contributed by atoms with Gasteiger partial charge >= 0.3 is 6.18 Å². The molecule has 0 radical (unpaired) electrons. The Bertz CT molecular complexity index is 1460. The summed E-state index contributed by atoms with van der Waals surface area (Å²) in [4.78, 5) is 28.8. The van der Waals surface area contributed by atoms with Crippen LogP contribution in [-0.2, 0) is 22.3 Å². The lowest BCUT2D eigenvalue weighted by Crippen LogP contribution is -2.22. The van der Waals surface area contributed by atoms with Crippen LogP contribution < -0.4 is 11.1 Å². The van der Waals surface area contributed by atoms with Gasteiger partial charge in [0.25, 0.3) is 11.8 Å². The number of aromatic amines is 1. The highest BCUT2D eigenvalue weighted by Gasteiger charge is 2.36. The highest BCUT2D eigenvalue weighted by molar-refractivity contribution is 6.50. The molecule has 0 fully saturated rings. The zero-order chi connectivity index (χ0) is 23.3. The van der Waals surface area contributed by atoms with Crippen LogP contribution in [0.4, 0.5) is 13.2 Å². The number of alkyl halides is 3. The molecule has 4 aromatic rings.